The molecule has 0 fully saturated rings. The van der Waals surface area contributed by atoms with E-state index in [9.17, 15) is 9.59 Å². The maximum absolute atomic E-state index is 12.3. The predicted molar refractivity (Wildman–Crippen MR) is 97.9 cm³/mol. The number of methoxy groups -OCH3 is 1. The Bertz CT molecular complexity index is 579. The number of hydrogen-bond donors (Lipinski definition) is 2. The van der Waals surface area contributed by atoms with Gasteiger partial charge in [-0.05, 0) is 51.3 Å². The zero-order valence-electron chi connectivity index (χ0n) is 16.0. The Morgan fingerprint density at radius 3 is 2.44 bits per heavy atom. The Morgan fingerprint density at radius 1 is 1.20 bits per heavy atom. The van der Waals surface area contributed by atoms with Crippen molar-refractivity contribution in [3.8, 4) is 5.75 Å². The minimum absolute atomic E-state index is 0.204. The summed E-state index contributed by atoms with van der Waals surface area (Å²) in [5, 5.41) is 5.69. The lowest BCUT2D eigenvalue weighted by Gasteiger charge is -2.25. The highest BCUT2D eigenvalue weighted by atomic mass is 16.6. The van der Waals surface area contributed by atoms with Crippen LogP contribution in [0.2, 0.25) is 0 Å². The maximum atomic E-state index is 12.3. The van der Waals surface area contributed by atoms with E-state index in [1.54, 1.807) is 31.4 Å². The van der Waals surface area contributed by atoms with Crippen LogP contribution >= 0.6 is 0 Å². The molecule has 25 heavy (non-hydrogen) atoms. The lowest BCUT2D eigenvalue weighted by molar-refractivity contribution is 0.0496. The molecule has 0 aliphatic heterocycles. The number of carbonyl (C=O) groups is 2. The summed E-state index contributed by atoms with van der Waals surface area (Å²) in [5.41, 5.74) is -0.0454. The molecule has 140 valence electrons. The monoisotopic (exact) mass is 350 g/mol. The van der Waals surface area contributed by atoms with Crippen molar-refractivity contribution in [1.82, 2.24) is 10.6 Å². The van der Waals surface area contributed by atoms with Crippen molar-refractivity contribution in [2.75, 3.05) is 13.7 Å². The van der Waals surface area contributed by atoms with Crippen LogP contribution in [0.5, 0.6) is 5.75 Å². The number of nitrogens with one attached hydrogen (secondary N) is 2. The molecular formula is C19H30N2O4. The van der Waals surface area contributed by atoms with Gasteiger partial charge in [-0.1, -0.05) is 19.9 Å². The van der Waals surface area contributed by atoms with Crippen LogP contribution in [-0.2, 0) is 4.74 Å². The average molecular weight is 350 g/mol. The number of ether oxygens (including phenoxy) is 2. The van der Waals surface area contributed by atoms with Gasteiger partial charge in [0.25, 0.3) is 5.91 Å². The van der Waals surface area contributed by atoms with E-state index in [1.807, 2.05) is 20.8 Å². The van der Waals surface area contributed by atoms with Crippen LogP contribution in [0.4, 0.5) is 4.79 Å². The van der Waals surface area contributed by atoms with Gasteiger partial charge >= 0.3 is 6.09 Å². The molecule has 0 unspecified atom stereocenters. The standard InChI is InChI=1S/C19H30N2O4/c1-13(2)10-15(21-18(23)25-19(3,4)5)12-20-17(22)14-8-7-9-16(11-14)24-6/h7-9,11,13,15H,10,12H2,1-6H3,(H,20,22)(H,21,23)/t15-/m0/s1. The quantitative estimate of drug-likeness (QED) is 0.790. The second kappa shape index (κ2) is 9.30. The number of rotatable bonds is 7. The molecule has 0 bridgehead atoms. The average Bonchev–Trinajstić information content (AvgIpc) is 2.49. The maximum Gasteiger partial charge on any atom is 0.407 e. The lowest BCUT2D eigenvalue weighted by atomic mass is 10.0. The minimum atomic E-state index is -0.559. The summed E-state index contributed by atoms with van der Waals surface area (Å²) in [6.07, 6.45) is 0.256. The Kier molecular flexibility index (Phi) is 7.74. The van der Waals surface area contributed by atoms with Crippen molar-refractivity contribution in [2.24, 2.45) is 5.92 Å². The van der Waals surface area contributed by atoms with Crippen LogP contribution in [0.15, 0.2) is 24.3 Å². The molecule has 0 aliphatic carbocycles. The van der Waals surface area contributed by atoms with Gasteiger partial charge in [0.1, 0.15) is 11.4 Å². The van der Waals surface area contributed by atoms with E-state index in [4.69, 9.17) is 9.47 Å². The SMILES string of the molecule is COc1cccc(C(=O)NC[C@H](CC(C)C)NC(=O)OC(C)(C)C)c1. The molecule has 0 aromatic heterocycles. The van der Waals surface area contributed by atoms with E-state index in [-0.39, 0.29) is 11.9 Å². The molecule has 1 aromatic carbocycles. The van der Waals surface area contributed by atoms with Crippen molar-refractivity contribution in [2.45, 2.75) is 52.7 Å². The summed E-state index contributed by atoms with van der Waals surface area (Å²) in [4.78, 5) is 24.3. The fourth-order valence-electron chi connectivity index (χ4n) is 2.32. The van der Waals surface area contributed by atoms with Crippen molar-refractivity contribution in [3.63, 3.8) is 0 Å². The summed E-state index contributed by atoms with van der Waals surface area (Å²) in [6.45, 7) is 9.90. The fraction of sp³-hybridized carbons (Fsp3) is 0.579. The molecule has 6 nitrogen and oxygen atoms in total. The highest BCUT2D eigenvalue weighted by Crippen LogP contribution is 2.13. The van der Waals surface area contributed by atoms with Gasteiger partial charge in [-0.2, -0.15) is 0 Å². The van der Waals surface area contributed by atoms with Crippen LogP contribution in [0.3, 0.4) is 0 Å². The van der Waals surface area contributed by atoms with E-state index in [1.165, 1.54) is 0 Å². The molecule has 0 aliphatic rings. The number of carbonyl (C=O) groups excluding carboxylic acids is 2. The topological polar surface area (TPSA) is 76.7 Å². The predicted octanol–water partition coefficient (Wildman–Crippen LogP) is 3.36. The second-order valence-electron chi connectivity index (χ2n) is 7.41. The first-order valence-corrected chi connectivity index (χ1v) is 8.52. The van der Waals surface area contributed by atoms with Crippen LogP contribution < -0.4 is 15.4 Å². The third-order valence-corrected chi connectivity index (χ3v) is 3.32. The Labute approximate surface area is 150 Å². The Hall–Kier alpha value is -2.24. The molecule has 1 atom stereocenters. The zero-order valence-corrected chi connectivity index (χ0v) is 16.0. The molecular weight excluding hydrogens is 320 g/mol. The molecule has 1 aromatic rings. The third-order valence-electron chi connectivity index (χ3n) is 3.32. The zero-order chi connectivity index (χ0) is 19.0. The van der Waals surface area contributed by atoms with Gasteiger partial charge in [0.15, 0.2) is 0 Å². The van der Waals surface area contributed by atoms with E-state index in [0.717, 1.165) is 6.42 Å². The van der Waals surface area contributed by atoms with Crippen molar-refractivity contribution in [3.05, 3.63) is 29.8 Å². The van der Waals surface area contributed by atoms with Gasteiger partial charge in [0, 0.05) is 18.2 Å². The van der Waals surface area contributed by atoms with Crippen LogP contribution in [0.1, 0.15) is 51.4 Å². The van der Waals surface area contributed by atoms with Crippen molar-refractivity contribution >= 4 is 12.0 Å². The molecule has 1 rings (SSSR count). The van der Waals surface area contributed by atoms with E-state index >= 15 is 0 Å². The van der Waals surface area contributed by atoms with E-state index < -0.39 is 11.7 Å². The summed E-state index contributed by atoms with van der Waals surface area (Å²) in [7, 11) is 1.56. The van der Waals surface area contributed by atoms with Gasteiger partial charge in [-0.25, -0.2) is 4.79 Å². The normalized spacial score (nSPS) is 12.4. The van der Waals surface area contributed by atoms with Crippen LogP contribution in [0, 0.1) is 5.92 Å². The molecule has 2 amide bonds. The summed E-state index contributed by atoms with van der Waals surface area (Å²) in [6, 6.07) is 6.73. The highest BCUT2D eigenvalue weighted by Gasteiger charge is 2.21. The Balaban J connectivity index is 2.65. The van der Waals surface area contributed by atoms with Gasteiger partial charge in [-0.15, -0.1) is 0 Å². The minimum Gasteiger partial charge on any atom is -0.497 e. The van der Waals surface area contributed by atoms with Crippen molar-refractivity contribution in [1.29, 1.82) is 0 Å². The van der Waals surface area contributed by atoms with E-state index in [2.05, 4.69) is 24.5 Å². The van der Waals surface area contributed by atoms with Crippen molar-refractivity contribution < 1.29 is 19.1 Å². The van der Waals surface area contributed by atoms with Gasteiger partial charge in [-0.3, -0.25) is 4.79 Å². The summed E-state index contributed by atoms with van der Waals surface area (Å²) in [5.74, 6) is 0.783. The number of amides is 2. The first kappa shape index (κ1) is 20.8. The summed E-state index contributed by atoms with van der Waals surface area (Å²) >= 11 is 0. The molecule has 6 heteroatoms. The second-order valence-corrected chi connectivity index (χ2v) is 7.41. The first-order valence-electron chi connectivity index (χ1n) is 8.52. The largest absolute Gasteiger partial charge is 0.497 e. The molecule has 2 N–H and O–H groups in total. The van der Waals surface area contributed by atoms with E-state index in [0.29, 0.717) is 23.8 Å². The fourth-order valence-corrected chi connectivity index (χ4v) is 2.32. The molecule has 0 saturated heterocycles. The summed E-state index contributed by atoms with van der Waals surface area (Å²) < 4.78 is 10.4. The molecule has 0 radical (unpaired) electrons. The number of benzene rings is 1. The molecule has 0 spiro atoms. The number of hydrogen-bond acceptors (Lipinski definition) is 4. The van der Waals surface area contributed by atoms with Gasteiger partial charge in [0.2, 0.25) is 0 Å². The third kappa shape index (κ3) is 8.42. The smallest absolute Gasteiger partial charge is 0.407 e. The van der Waals surface area contributed by atoms with Crippen LogP contribution in [0.25, 0.3) is 0 Å². The van der Waals surface area contributed by atoms with Gasteiger partial charge in [0.05, 0.1) is 7.11 Å². The first-order chi connectivity index (χ1) is 11.6. The molecule has 0 heterocycles. The molecule has 0 saturated carbocycles. The Morgan fingerprint density at radius 2 is 1.88 bits per heavy atom. The number of alkyl carbamates (subject to hydrolysis) is 1. The van der Waals surface area contributed by atoms with Crippen LogP contribution in [-0.4, -0.2) is 37.3 Å². The van der Waals surface area contributed by atoms with Gasteiger partial charge < -0.3 is 20.1 Å². The highest BCUT2D eigenvalue weighted by molar-refractivity contribution is 5.94. The lowest BCUT2D eigenvalue weighted by Crippen LogP contribution is -2.46.